The van der Waals surface area contributed by atoms with Crippen molar-refractivity contribution in [3.8, 4) is 0 Å². The number of rotatable bonds is 4. The number of piperidine rings is 1. The first-order chi connectivity index (χ1) is 12.4. The number of sulfonamides is 1. The van der Waals surface area contributed by atoms with Crippen molar-refractivity contribution in [1.29, 1.82) is 0 Å². The Balaban J connectivity index is 1.71. The Kier molecular flexibility index (Phi) is 5.77. The third kappa shape index (κ3) is 3.99. The molecule has 3 rings (SSSR count). The number of carbonyl (C=O) groups excluding carboxylic acids is 2. The molecule has 142 valence electrons. The van der Waals surface area contributed by atoms with Crippen LogP contribution < -0.4 is 0 Å². The summed E-state index contributed by atoms with van der Waals surface area (Å²) < 4.78 is 32.4. The Morgan fingerprint density at radius 1 is 1.08 bits per heavy atom. The Morgan fingerprint density at radius 3 is 2.42 bits per heavy atom. The van der Waals surface area contributed by atoms with E-state index in [9.17, 15) is 18.0 Å². The van der Waals surface area contributed by atoms with E-state index in [1.807, 2.05) is 6.92 Å². The smallest absolute Gasteiger partial charge is 0.338 e. The zero-order valence-electron chi connectivity index (χ0n) is 15.0. The van der Waals surface area contributed by atoms with E-state index in [1.54, 1.807) is 0 Å². The molecule has 0 unspecified atom stereocenters. The Hall–Kier alpha value is -1.73. The minimum Gasteiger partial charge on any atom is -0.451 e. The van der Waals surface area contributed by atoms with Crippen LogP contribution in [-0.4, -0.2) is 43.2 Å². The third-order valence-electron chi connectivity index (χ3n) is 5.19. The Labute approximate surface area is 154 Å². The lowest BCUT2D eigenvalue weighted by Gasteiger charge is -2.32. The molecule has 1 saturated heterocycles. The quantitative estimate of drug-likeness (QED) is 0.752. The topological polar surface area (TPSA) is 80.8 Å². The van der Waals surface area contributed by atoms with Gasteiger partial charge < -0.3 is 4.74 Å². The van der Waals surface area contributed by atoms with E-state index in [-0.39, 0.29) is 22.3 Å². The van der Waals surface area contributed by atoms with Crippen LogP contribution in [0.3, 0.4) is 0 Å². The summed E-state index contributed by atoms with van der Waals surface area (Å²) in [6.45, 7) is 2.45. The average molecular weight is 379 g/mol. The molecule has 1 aromatic carbocycles. The maximum absolute atomic E-state index is 12.8. The van der Waals surface area contributed by atoms with Gasteiger partial charge in [0.2, 0.25) is 10.0 Å². The van der Waals surface area contributed by atoms with Gasteiger partial charge in [-0.3, -0.25) is 4.79 Å². The van der Waals surface area contributed by atoms with E-state index >= 15 is 0 Å². The molecule has 1 aliphatic heterocycles. The van der Waals surface area contributed by atoms with E-state index in [1.165, 1.54) is 28.6 Å². The number of hydrogen-bond donors (Lipinski definition) is 0. The number of carbonyl (C=O) groups is 2. The molecule has 1 aliphatic carbocycles. The van der Waals surface area contributed by atoms with Gasteiger partial charge in [0.25, 0.3) is 0 Å². The van der Waals surface area contributed by atoms with Crippen LogP contribution in [0.15, 0.2) is 29.2 Å². The van der Waals surface area contributed by atoms with Crippen molar-refractivity contribution in [2.75, 3.05) is 6.54 Å². The van der Waals surface area contributed by atoms with Gasteiger partial charge in [0.05, 0.1) is 10.5 Å². The first-order valence-corrected chi connectivity index (χ1v) is 10.7. The second-order valence-corrected chi connectivity index (χ2v) is 8.98. The van der Waals surface area contributed by atoms with Crippen molar-refractivity contribution in [2.24, 2.45) is 0 Å². The number of benzene rings is 1. The number of ketones is 1. The maximum atomic E-state index is 12.8. The van der Waals surface area contributed by atoms with Crippen LogP contribution in [0.25, 0.3) is 0 Å². The molecule has 6 nitrogen and oxygen atoms in total. The summed E-state index contributed by atoms with van der Waals surface area (Å²) in [4.78, 5) is 24.2. The van der Waals surface area contributed by atoms with Crippen LogP contribution in [0.5, 0.6) is 0 Å². The van der Waals surface area contributed by atoms with Crippen LogP contribution in [0, 0.1) is 0 Å². The summed E-state index contributed by atoms with van der Waals surface area (Å²) in [7, 11) is -3.56. The Morgan fingerprint density at radius 2 is 1.77 bits per heavy atom. The normalized spacial score (nSPS) is 25.0. The van der Waals surface area contributed by atoms with Crippen molar-refractivity contribution in [3.05, 3.63) is 29.8 Å². The number of ether oxygens (including phenoxy) is 1. The van der Waals surface area contributed by atoms with Crippen LogP contribution in [0.4, 0.5) is 0 Å². The highest BCUT2D eigenvalue weighted by Crippen LogP contribution is 2.25. The van der Waals surface area contributed by atoms with Gasteiger partial charge in [0.15, 0.2) is 11.9 Å². The van der Waals surface area contributed by atoms with Gasteiger partial charge in [-0.25, -0.2) is 13.2 Å². The Bertz CT molecular complexity index is 772. The lowest BCUT2D eigenvalue weighted by atomic mass is 9.96. The number of esters is 1. The van der Waals surface area contributed by atoms with Gasteiger partial charge in [0, 0.05) is 19.0 Å². The molecular formula is C19H25NO5S. The van der Waals surface area contributed by atoms with E-state index in [0.717, 1.165) is 32.1 Å². The first-order valence-electron chi connectivity index (χ1n) is 9.25. The van der Waals surface area contributed by atoms with Gasteiger partial charge in [-0.2, -0.15) is 4.31 Å². The summed E-state index contributed by atoms with van der Waals surface area (Å²) in [5.74, 6) is -0.622. The van der Waals surface area contributed by atoms with Crippen molar-refractivity contribution < 1.29 is 22.7 Å². The number of Topliss-reactive ketones (excluding diaryl/α,β-unsaturated/α-hetero) is 1. The van der Waals surface area contributed by atoms with Crippen molar-refractivity contribution in [3.63, 3.8) is 0 Å². The summed E-state index contributed by atoms with van der Waals surface area (Å²) in [6, 6.07) is 5.77. The lowest BCUT2D eigenvalue weighted by molar-refractivity contribution is -0.129. The third-order valence-corrected chi connectivity index (χ3v) is 7.21. The molecule has 0 N–H and O–H groups in total. The highest BCUT2D eigenvalue weighted by atomic mass is 32.2. The lowest BCUT2D eigenvalue weighted by Crippen LogP contribution is -2.41. The van der Waals surface area contributed by atoms with E-state index < -0.39 is 22.1 Å². The SMILES string of the molecule is C[C@H]1CCCCN1S(=O)(=O)c1ccc(C(=O)O[C@@H]2CCCCC2=O)cc1. The van der Waals surface area contributed by atoms with E-state index in [2.05, 4.69) is 0 Å². The molecular weight excluding hydrogens is 354 g/mol. The second kappa shape index (κ2) is 7.88. The highest BCUT2D eigenvalue weighted by molar-refractivity contribution is 7.89. The summed E-state index contributed by atoms with van der Waals surface area (Å²) in [5.41, 5.74) is 0.258. The molecule has 1 heterocycles. The summed E-state index contributed by atoms with van der Waals surface area (Å²) >= 11 is 0. The van der Waals surface area contributed by atoms with Gasteiger partial charge in [-0.15, -0.1) is 0 Å². The molecule has 0 bridgehead atoms. The standard InChI is InChI=1S/C19H25NO5S/c1-14-6-4-5-13-20(14)26(23,24)16-11-9-15(10-12-16)19(22)25-18-8-3-2-7-17(18)21/h9-12,14,18H,2-8,13H2,1H3/t14-,18+/m0/s1. The van der Waals surface area contributed by atoms with Gasteiger partial charge >= 0.3 is 5.97 Å². The maximum Gasteiger partial charge on any atom is 0.338 e. The largest absolute Gasteiger partial charge is 0.451 e. The average Bonchev–Trinajstić information content (AvgIpc) is 2.64. The molecule has 2 atom stereocenters. The van der Waals surface area contributed by atoms with E-state index in [0.29, 0.717) is 19.4 Å². The summed E-state index contributed by atoms with van der Waals surface area (Å²) in [6.07, 6.45) is 4.81. The molecule has 1 saturated carbocycles. The van der Waals surface area contributed by atoms with Crippen LogP contribution in [0.2, 0.25) is 0 Å². The minimum atomic E-state index is -3.56. The number of nitrogens with zero attached hydrogens (tertiary/aromatic N) is 1. The first kappa shape index (κ1) is 19.0. The fourth-order valence-electron chi connectivity index (χ4n) is 3.60. The molecule has 2 aliphatic rings. The second-order valence-electron chi connectivity index (χ2n) is 7.09. The molecule has 26 heavy (non-hydrogen) atoms. The van der Waals surface area contributed by atoms with E-state index in [4.69, 9.17) is 4.74 Å². The van der Waals surface area contributed by atoms with Gasteiger partial charge in [0.1, 0.15) is 0 Å². The predicted molar refractivity (Wildman–Crippen MR) is 96.3 cm³/mol. The van der Waals surface area contributed by atoms with Crippen LogP contribution >= 0.6 is 0 Å². The van der Waals surface area contributed by atoms with Crippen molar-refractivity contribution in [1.82, 2.24) is 4.31 Å². The molecule has 0 aromatic heterocycles. The fourth-order valence-corrected chi connectivity index (χ4v) is 5.30. The molecule has 0 amide bonds. The summed E-state index contributed by atoms with van der Waals surface area (Å²) in [5, 5.41) is 0. The van der Waals surface area contributed by atoms with Crippen molar-refractivity contribution >= 4 is 21.8 Å². The predicted octanol–water partition coefficient (Wildman–Crippen LogP) is 2.92. The van der Waals surface area contributed by atoms with Crippen LogP contribution in [0.1, 0.15) is 62.2 Å². The minimum absolute atomic E-state index is 0.0179. The monoisotopic (exact) mass is 379 g/mol. The fraction of sp³-hybridized carbons (Fsp3) is 0.579. The molecule has 0 radical (unpaired) electrons. The highest BCUT2D eigenvalue weighted by Gasteiger charge is 2.31. The van der Waals surface area contributed by atoms with Crippen LogP contribution in [-0.2, 0) is 19.6 Å². The molecule has 7 heteroatoms. The zero-order valence-corrected chi connectivity index (χ0v) is 15.8. The number of hydrogen-bond acceptors (Lipinski definition) is 5. The van der Waals surface area contributed by atoms with Gasteiger partial charge in [-0.05, 0) is 63.3 Å². The molecule has 2 fully saturated rings. The van der Waals surface area contributed by atoms with Gasteiger partial charge in [-0.1, -0.05) is 6.42 Å². The van der Waals surface area contributed by atoms with Crippen molar-refractivity contribution in [2.45, 2.75) is 68.9 Å². The zero-order chi connectivity index (χ0) is 18.7. The molecule has 1 aromatic rings. The molecule has 0 spiro atoms.